The third kappa shape index (κ3) is 2.37. The number of carboxylic acids is 1. The molecule has 0 fully saturated rings. The summed E-state index contributed by atoms with van der Waals surface area (Å²) < 4.78 is 2.12. The third-order valence-corrected chi connectivity index (χ3v) is 3.27. The summed E-state index contributed by atoms with van der Waals surface area (Å²) in [5, 5.41) is 8.94. The zero-order valence-electron chi connectivity index (χ0n) is 10.8. The summed E-state index contributed by atoms with van der Waals surface area (Å²) in [5.41, 5.74) is 2.04. The SMILES string of the molecule is CCCCC(C)n1cnc2cc(C(=O)O)ccc21. The van der Waals surface area contributed by atoms with Crippen LogP contribution in [0.2, 0.25) is 0 Å². The van der Waals surface area contributed by atoms with Crippen LogP contribution in [0.4, 0.5) is 0 Å². The van der Waals surface area contributed by atoms with E-state index in [-0.39, 0.29) is 5.56 Å². The van der Waals surface area contributed by atoms with Crippen LogP contribution in [0.5, 0.6) is 0 Å². The second-order valence-electron chi connectivity index (χ2n) is 4.65. The smallest absolute Gasteiger partial charge is 0.335 e. The number of unbranched alkanes of at least 4 members (excludes halogenated alkanes) is 1. The fourth-order valence-electron chi connectivity index (χ4n) is 2.15. The largest absolute Gasteiger partial charge is 0.478 e. The van der Waals surface area contributed by atoms with Crippen molar-refractivity contribution in [1.29, 1.82) is 0 Å². The number of carboxylic acid groups (broad SMARTS) is 1. The minimum atomic E-state index is -0.912. The number of carbonyl (C=O) groups is 1. The van der Waals surface area contributed by atoms with E-state index in [1.165, 1.54) is 12.8 Å². The highest BCUT2D eigenvalue weighted by molar-refractivity contribution is 5.92. The lowest BCUT2D eigenvalue weighted by Crippen LogP contribution is -2.03. The summed E-state index contributed by atoms with van der Waals surface area (Å²) in [6, 6.07) is 5.50. The quantitative estimate of drug-likeness (QED) is 0.878. The molecule has 1 unspecified atom stereocenters. The lowest BCUT2D eigenvalue weighted by molar-refractivity contribution is 0.0697. The molecule has 4 nitrogen and oxygen atoms in total. The Bertz CT molecular complexity index is 560. The number of imidazole rings is 1. The van der Waals surface area contributed by atoms with E-state index in [1.807, 2.05) is 6.07 Å². The van der Waals surface area contributed by atoms with Crippen molar-refractivity contribution in [3.63, 3.8) is 0 Å². The number of nitrogens with zero attached hydrogens (tertiary/aromatic N) is 2. The van der Waals surface area contributed by atoms with Crippen LogP contribution in [-0.2, 0) is 0 Å². The van der Waals surface area contributed by atoms with Gasteiger partial charge in [-0.15, -0.1) is 0 Å². The van der Waals surface area contributed by atoms with Crippen molar-refractivity contribution >= 4 is 17.0 Å². The van der Waals surface area contributed by atoms with Crippen LogP contribution in [-0.4, -0.2) is 20.6 Å². The Kier molecular flexibility index (Phi) is 3.65. The van der Waals surface area contributed by atoms with Gasteiger partial charge >= 0.3 is 5.97 Å². The first kappa shape index (κ1) is 12.6. The molecule has 0 saturated carbocycles. The van der Waals surface area contributed by atoms with E-state index in [4.69, 9.17) is 5.11 Å². The summed E-state index contributed by atoms with van der Waals surface area (Å²) >= 11 is 0. The Labute approximate surface area is 106 Å². The van der Waals surface area contributed by atoms with E-state index in [1.54, 1.807) is 18.5 Å². The van der Waals surface area contributed by atoms with Gasteiger partial charge in [-0.2, -0.15) is 0 Å². The van der Waals surface area contributed by atoms with Crippen molar-refractivity contribution in [2.24, 2.45) is 0 Å². The first-order valence-electron chi connectivity index (χ1n) is 6.33. The van der Waals surface area contributed by atoms with Gasteiger partial charge in [0.25, 0.3) is 0 Å². The van der Waals surface area contributed by atoms with Crippen LogP contribution in [0, 0.1) is 0 Å². The van der Waals surface area contributed by atoms with Crippen molar-refractivity contribution in [3.8, 4) is 0 Å². The number of rotatable bonds is 5. The minimum Gasteiger partial charge on any atom is -0.478 e. The van der Waals surface area contributed by atoms with Crippen molar-refractivity contribution in [2.45, 2.75) is 39.2 Å². The Morgan fingerprint density at radius 1 is 1.50 bits per heavy atom. The lowest BCUT2D eigenvalue weighted by atomic mass is 10.1. The average molecular weight is 246 g/mol. The Morgan fingerprint density at radius 2 is 2.28 bits per heavy atom. The van der Waals surface area contributed by atoms with Crippen LogP contribution in [0.3, 0.4) is 0 Å². The molecule has 2 aromatic rings. The topological polar surface area (TPSA) is 55.1 Å². The van der Waals surface area contributed by atoms with Crippen molar-refractivity contribution in [3.05, 3.63) is 30.1 Å². The highest BCUT2D eigenvalue weighted by Crippen LogP contribution is 2.22. The standard InChI is InChI=1S/C14H18N2O2/c1-3-4-5-10(2)16-9-15-12-8-11(14(17)18)6-7-13(12)16/h6-10H,3-5H2,1-2H3,(H,17,18). The van der Waals surface area contributed by atoms with Crippen molar-refractivity contribution in [1.82, 2.24) is 9.55 Å². The van der Waals surface area contributed by atoms with E-state index >= 15 is 0 Å². The average Bonchev–Trinajstić information content (AvgIpc) is 2.78. The molecule has 0 aliphatic rings. The molecule has 4 heteroatoms. The normalized spacial score (nSPS) is 12.8. The van der Waals surface area contributed by atoms with E-state index in [2.05, 4.69) is 23.4 Å². The number of hydrogen-bond donors (Lipinski definition) is 1. The first-order valence-corrected chi connectivity index (χ1v) is 6.33. The second-order valence-corrected chi connectivity index (χ2v) is 4.65. The molecule has 2 rings (SSSR count). The van der Waals surface area contributed by atoms with Crippen LogP contribution in [0.25, 0.3) is 11.0 Å². The van der Waals surface area contributed by atoms with Crippen LogP contribution in [0.1, 0.15) is 49.5 Å². The summed E-state index contributed by atoms with van der Waals surface area (Å²) in [6.45, 7) is 4.35. The predicted molar refractivity (Wildman–Crippen MR) is 70.9 cm³/mol. The van der Waals surface area contributed by atoms with Gasteiger partial charge in [0.2, 0.25) is 0 Å². The maximum atomic E-state index is 10.9. The summed E-state index contributed by atoms with van der Waals surface area (Å²) in [7, 11) is 0. The van der Waals surface area contributed by atoms with Gasteiger partial charge in [0.1, 0.15) is 0 Å². The molecule has 1 aromatic heterocycles. The molecular weight excluding hydrogens is 228 g/mol. The molecule has 0 aliphatic heterocycles. The van der Waals surface area contributed by atoms with Crippen molar-refractivity contribution in [2.75, 3.05) is 0 Å². The Hall–Kier alpha value is -1.84. The van der Waals surface area contributed by atoms with E-state index < -0.39 is 5.97 Å². The fourth-order valence-corrected chi connectivity index (χ4v) is 2.15. The molecule has 1 aromatic carbocycles. The number of aromatic nitrogens is 2. The molecule has 0 radical (unpaired) electrons. The van der Waals surface area contributed by atoms with Gasteiger partial charge in [0.05, 0.1) is 22.9 Å². The molecule has 96 valence electrons. The molecule has 18 heavy (non-hydrogen) atoms. The number of aromatic carboxylic acids is 1. The summed E-state index contributed by atoms with van der Waals surface area (Å²) in [6.07, 6.45) is 5.29. The molecule has 0 bridgehead atoms. The monoisotopic (exact) mass is 246 g/mol. The van der Waals surface area contributed by atoms with Gasteiger partial charge in [-0.05, 0) is 31.5 Å². The molecule has 1 heterocycles. The first-order chi connectivity index (χ1) is 8.63. The van der Waals surface area contributed by atoms with Crippen LogP contribution in [0.15, 0.2) is 24.5 Å². The maximum Gasteiger partial charge on any atom is 0.335 e. The molecule has 0 aliphatic carbocycles. The minimum absolute atomic E-state index is 0.286. The van der Waals surface area contributed by atoms with E-state index in [0.29, 0.717) is 6.04 Å². The number of benzene rings is 1. The maximum absolute atomic E-state index is 10.9. The lowest BCUT2D eigenvalue weighted by Gasteiger charge is -2.13. The van der Waals surface area contributed by atoms with Gasteiger partial charge in [-0.1, -0.05) is 19.8 Å². The van der Waals surface area contributed by atoms with Gasteiger partial charge in [-0.25, -0.2) is 9.78 Å². The summed E-state index contributed by atoms with van der Waals surface area (Å²) in [4.78, 5) is 15.2. The Morgan fingerprint density at radius 3 is 2.94 bits per heavy atom. The zero-order chi connectivity index (χ0) is 13.1. The third-order valence-electron chi connectivity index (χ3n) is 3.27. The molecule has 0 spiro atoms. The van der Waals surface area contributed by atoms with Crippen LogP contribution >= 0.6 is 0 Å². The van der Waals surface area contributed by atoms with Gasteiger partial charge in [0.15, 0.2) is 0 Å². The highest BCUT2D eigenvalue weighted by atomic mass is 16.4. The van der Waals surface area contributed by atoms with Gasteiger partial charge in [-0.3, -0.25) is 0 Å². The van der Waals surface area contributed by atoms with Crippen molar-refractivity contribution < 1.29 is 9.90 Å². The summed E-state index contributed by atoms with van der Waals surface area (Å²) in [5.74, 6) is -0.912. The van der Waals surface area contributed by atoms with E-state index in [9.17, 15) is 4.79 Å². The fraction of sp³-hybridized carbons (Fsp3) is 0.429. The van der Waals surface area contributed by atoms with Crippen LogP contribution < -0.4 is 0 Å². The molecular formula is C14H18N2O2. The molecule has 0 amide bonds. The molecule has 0 saturated heterocycles. The highest BCUT2D eigenvalue weighted by Gasteiger charge is 2.11. The van der Waals surface area contributed by atoms with E-state index in [0.717, 1.165) is 17.5 Å². The number of hydrogen-bond acceptors (Lipinski definition) is 2. The second kappa shape index (κ2) is 5.21. The van der Waals surface area contributed by atoms with Gasteiger partial charge in [0, 0.05) is 6.04 Å². The number of fused-ring (bicyclic) bond motifs is 1. The molecule has 1 N–H and O–H groups in total. The predicted octanol–water partition coefficient (Wildman–Crippen LogP) is 3.49. The Balaban J connectivity index is 2.33. The van der Waals surface area contributed by atoms with Gasteiger partial charge < -0.3 is 9.67 Å². The molecule has 1 atom stereocenters. The zero-order valence-corrected chi connectivity index (χ0v) is 10.8.